The molecule has 1 saturated heterocycles. The van der Waals surface area contributed by atoms with E-state index in [2.05, 4.69) is 0 Å². The van der Waals surface area contributed by atoms with E-state index in [1.165, 1.54) is 11.5 Å². The summed E-state index contributed by atoms with van der Waals surface area (Å²) in [5.74, 6) is -2.43. The van der Waals surface area contributed by atoms with Gasteiger partial charge in [0.2, 0.25) is 5.43 Å². The molecule has 0 saturated carbocycles. The number of nitro benzene ring substituents is 1. The Balaban J connectivity index is 2.36. The van der Waals surface area contributed by atoms with Gasteiger partial charge in [-0.25, -0.2) is 9.18 Å². The number of hydrogen-bond acceptors (Lipinski definition) is 9. The first-order valence-electron chi connectivity index (χ1n) is 10.9. The summed E-state index contributed by atoms with van der Waals surface area (Å²) in [5.41, 5.74) is -2.23. The van der Waals surface area contributed by atoms with Crippen molar-refractivity contribution in [1.29, 1.82) is 0 Å². The lowest BCUT2D eigenvalue weighted by Gasteiger charge is -2.34. The van der Waals surface area contributed by atoms with Crippen molar-refractivity contribution in [3.63, 3.8) is 0 Å². The fourth-order valence-corrected chi connectivity index (χ4v) is 3.98. The highest BCUT2D eigenvalue weighted by Gasteiger charge is 2.33. The van der Waals surface area contributed by atoms with Crippen molar-refractivity contribution in [2.24, 2.45) is 0 Å². The molecular weight excluding hydrogens is 451 g/mol. The highest BCUT2D eigenvalue weighted by Crippen LogP contribution is 2.39. The van der Waals surface area contributed by atoms with Gasteiger partial charge in [0.25, 0.3) is 0 Å². The first-order valence-corrected chi connectivity index (χ1v) is 10.9. The first kappa shape index (κ1) is 25.1. The van der Waals surface area contributed by atoms with Crippen molar-refractivity contribution in [2.45, 2.75) is 26.8 Å². The standard InChI is InChI=1S/C22H27FN4O7/c1-5-33-22(30)16-11-26(13(2)12-34-14(3)28)18-15(21(16)29)10-17(23)19(20(18)27(31)32)25-8-6-24(4)7-9-25/h10-11,13H,5-9,12H2,1-4H3/t13-/m0/s1. The number of carbonyl (C=O) groups is 2. The highest BCUT2D eigenvalue weighted by molar-refractivity contribution is 5.99. The normalized spacial score (nSPS) is 15.3. The SMILES string of the molecule is CCOC(=O)c1cn([C@@H](C)COC(C)=O)c2c([N+](=O)[O-])c(N3CCN(C)CC3)c(F)cc2c1=O. The molecule has 1 fully saturated rings. The summed E-state index contributed by atoms with van der Waals surface area (Å²) in [6, 6.07) is 0.209. The smallest absolute Gasteiger partial charge is 0.343 e. The number of rotatable bonds is 7. The van der Waals surface area contributed by atoms with Crippen LogP contribution in [0.1, 0.15) is 37.2 Å². The third-order valence-corrected chi connectivity index (χ3v) is 5.72. The van der Waals surface area contributed by atoms with Crippen molar-refractivity contribution in [3.05, 3.63) is 44.0 Å². The topological polar surface area (TPSA) is 124 Å². The Morgan fingerprint density at radius 3 is 2.44 bits per heavy atom. The van der Waals surface area contributed by atoms with E-state index in [-0.39, 0.29) is 29.8 Å². The van der Waals surface area contributed by atoms with Crippen LogP contribution in [0.4, 0.5) is 15.8 Å². The summed E-state index contributed by atoms with van der Waals surface area (Å²) >= 11 is 0. The first-order chi connectivity index (χ1) is 16.1. The van der Waals surface area contributed by atoms with Crippen LogP contribution in [-0.4, -0.2) is 72.8 Å². The molecule has 11 nitrogen and oxygen atoms in total. The van der Waals surface area contributed by atoms with Crippen LogP contribution >= 0.6 is 0 Å². The van der Waals surface area contributed by atoms with Crippen LogP contribution in [0.15, 0.2) is 17.1 Å². The molecule has 1 aliphatic rings. The molecule has 1 aliphatic heterocycles. The molecule has 0 aliphatic carbocycles. The van der Waals surface area contributed by atoms with Gasteiger partial charge in [0.1, 0.15) is 17.7 Å². The number of piperazine rings is 1. The Kier molecular flexibility index (Phi) is 7.50. The molecule has 1 aromatic heterocycles. The van der Waals surface area contributed by atoms with Crippen LogP contribution in [0, 0.1) is 15.9 Å². The molecule has 184 valence electrons. The van der Waals surface area contributed by atoms with E-state index in [9.17, 15) is 24.5 Å². The molecule has 0 bridgehead atoms. The lowest BCUT2D eigenvalue weighted by molar-refractivity contribution is -0.382. The zero-order valence-corrected chi connectivity index (χ0v) is 19.5. The molecule has 1 aromatic carbocycles. The quantitative estimate of drug-likeness (QED) is 0.334. The molecule has 3 rings (SSSR count). The number of fused-ring (bicyclic) bond motifs is 1. The monoisotopic (exact) mass is 478 g/mol. The Morgan fingerprint density at radius 1 is 1.24 bits per heavy atom. The van der Waals surface area contributed by atoms with Gasteiger partial charge in [-0.15, -0.1) is 0 Å². The van der Waals surface area contributed by atoms with Gasteiger partial charge < -0.3 is 23.8 Å². The van der Waals surface area contributed by atoms with Gasteiger partial charge in [-0.2, -0.15) is 0 Å². The van der Waals surface area contributed by atoms with Gasteiger partial charge >= 0.3 is 17.6 Å². The molecule has 0 radical (unpaired) electrons. The number of ether oxygens (including phenoxy) is 2. The maximum Gasteiger partial charge on any atom is 0.343 e. The summed E-state index contributed by atoms with van der Waals surface area (Å²) in [7, 11) is 1.90. The molecule has 2 heterocycles. The zero-order valence-electron chi connectivity index (χ0n) is 19.5. The summed E-state index contributed by atoms with van der Waals surface area (Å²) in [5, 5.41) is 11.9. The highest BCUT2D eigenvalue weighted by atomic mass is 19.1. The van der Waals surface area contributed by atoms with Crippen molar-refractivity contribution >= 4 is 34.2 Å². The molecule has 0 spiro atoms. The molecule has 1 atom stereocenters. The predicted molar refractivity (Wildman–Crippen MR) is 122 cm³/mol. The summed E-state index contributed by atoms with van der Waals surface area (Å²) in [4.78, 5) is 52.1. The fourth-order valence-electron chi connectivity index (χ4n) is 3.98. The maximum absolute atomic E-state index is 15.4. The van der Waals surface area contributed by atoms with Crippen molar-refractivity contribution in [2.75, 3.05) is 51.3 Å². The van der Waals surface area contributed by atoms with E-state index in [0.717, 1.165) is 12.3 Å². The molecular formula is C22H27FN4O7. The number of anilines is 1. The molecule has 0 amide bonds. The Morgan fingerprint density at radius 2 is 1.88 bits per heavy atom. The number of nitro groups is 1. The molecule has 12 heteroatoms. The third kappa shape index (κ3) is 4.86. The zero-order chi connectivity index (χ0) is 25.2. The van der Waals surface area contributed by atoms with E-state index < -0.39 is 45.4 Å². The number of hydrogen-bond donors (Lipinski definition) is 0. The molecule has 2 aromatic rings. The second-order valence-corrected chi connectivity index (χ2v) is 8.15. The van der Waals surface area contributed by atoms with Gasteiger partial charge in [-0.1, -0.05) is 0 Å². The van der Waals surface area contributed by atoms with Crippen LogP contribution < -0.4 is 10.3 Å². The van der Waals surface area contributed by atoms with E-state index in [1.807, 2.05) is 11.9 Å². The minimum atomic E-state index is -0.936. The maximum atomic E-state index is 15.4. The number of aromatic nitrogens is 1. The van der Waals surface area contributed by atoms with Gasteiger partial charge in [-0.05, 0) is 27.0 Å². The summed E-state index contributed by atoms with van der Waals surface area (Å²) in [6.45, 7) is 6.05. The van der Waals surface area contributed by atoms with E-state index in [0.29, 0.717) is 26.2 Å². The van der Waals surface area contributed by atoms with Crippen LogP contribution in [-0.2, 0) is 14.3 Å². The predicted octanol–water partition coefficient (Wildman–Crippen LogP) is 2.10. The molecule has 34 heavy (non-hydrogen) atoms. The minimum absolute atomic E-state index is 0.00380. The van der Waals surface area contributed by atoms with Gasteiger partial charge in [0.05, 0.1) is 23.0 Å². The Bertz CT molecular complexity index is 1190. The summed E-state index contributed by atoms with van der Waals surface area (Å²) in [6.07, 6.45) is 1.15. The van der Waals surface area contributed by atoms with Crippen LogP contribution in [0.3, 0.4) is 0 Å². The number of carbonyl (C=O) groups excluding carboxylic acids is 2. The van der Waals surface area contributed by atoms with Crippen LogP contribution in [0.2, 0.25) is 0 Å². The molecule has 0 N–H and O–H groups in total. The van der Waals surface area contributed by atoms with Crippen molar-refractivity contribution in [3.8, 4) is 0 Å². The lowest BCUT2D eigenvalue weighted by Crippen LogP contribution is -2.45. The van der Waals surface area contributed by atoms with Crippen molar-refractivity contribution < 1.29 is 28.4 Å². The minimum Gasteiger partial charge on any atom is -0.464 e. The van der Waals surface area contributed by atoms with Crippen molar-refractivity contribution in [1.82, 2.24) is 9.47 Å². The fraction of sp³-hybridized carbons (Fsp3) is 0.500. The van der Waals surface area contributed by atoms with Gasteiger partial charge in [-0.3, -0.25) is 19.7 Å². The number of likely N-dealkylation sites (N-methyl/N-ethyl adjacent to an activating group) is 1. The third-order valence-electron chi connectivity index (χ3n) is 5.72. The van der Waals surface area contributed by atoms with E-state index in [4.69, 9.17) is 9.47 Å². The number of halogens is 1. The average molecular weight is 478 g/mol. The van der Waals surface area contributed by atoms with E-state index in [1.54, 1.807) is 18.7 Å². The second-order valence-electron chi connectivity index (χ2n) is 8.15. The average Bonchev–Trinajstić information content (AvgIpc) is 2.78. The largest absolute Gasteiger partial charge is 0.464 e. The number of nitrogens with zero attached hydrogens (tertiary/aromatic N) is 4. The van der Waals surface area contributed by atoms with Gasteiger partial charge in [0, 0.05) is 39.3 Å². The Hall–Kier alpha value is -3.54. The lowest BCUT2D eigenvalue weighted by atomic mass is 10.1. The summed E-state index contributed by atoms with van der Waals surface area (Å²) < 4.78 is 26.7. The van der Waals surface area contributed by atoms with Crippen LogP contribution in [0.5, 0.6) is 0 Å². The Labute approximate surface area is 194 Å². The number of benzene rings is 1. The molecule has 0 unspecified atom stereocenters. The second kappa shape index (κ2) is 10.2. The number of pyridine rings is 1. The van der Waals surface area contributed by atoms with Crippen LogP contribution in [0.25, 0.3) is 10.9 Å². The van der Waals surface area contributed by atoms with Gasteiger partial charge in [0.15, 0.2) is 11.5 Å². The van der Waals surface area contributed by atoms with E-state index >= 15 is 4.39 Å². The number of esters is 2.